The number of nitrogens with one attached hydrogen (secondary N) is 2. The molecule has 19 heavy (non-hydrogen) atoms. The summed E-state index contributed by atoms with van der Waals surface area (Å²) in [6.07, 6.45) is 1.13. The lowest BCUT2D eigenvalue weighted by molar-refractivity contribution is 0.213. The Bertz CT molecular complexity index is 434. The summed E-state index contributed by atoms with van der Waals surface area (Å²) in [4.78, 5) is 4.36. The third-order valence-corrected chi connectivity index (χ3v) is 2.85. The Balaban J connectivity index is 1.83. The molecule has 1 aromatic carbocycles. The van der Waals surface area contributed by atoms with Gasteiger partial charge in [-0.05, 0) is 25.5 Å². The maximum atomic E-state index is 5.86. The molecule has 0 spiro atoms. The fraction of sp³-hybridized carbons (Fsp3) is 0.500. The maximum absolute atomic E-state index is 5.86. The van der Waals surface area contributed by atoms with Gasteiger partial charge in [0.1, 0.15) is 6.10 Å². The molecule has 0 saturated heterocycles. The molecule has 5 heteroatoms. The molecule has 0 aliphatic carbocycles. The summed E-state index contributed by atoms with van der Waals surface area (Å²) in [5.74, 6) is 2.38. The summed E-state index contributed by atoms with van der Waals surface area (Å²) in [5, 5.41) is 6.47. The molecule has 0 bridgehead atoms. The van der Waals surface area contributed by atoms with Gasteiger partial charge in [0.25, 0.3) is 0 Å². The SMILES string of the molecule is COc1ccccc1OC(C)CNC1=NCCCN1. The minimum atomic E-state index is 0.0303. The topological polar surface area (TPSA) is 54.9 Å². The molecular weight excluding hydrogens is 242 g/mol. The largest absolute Gasteiger partial charge is 0.493 e. The summed E-state index contributed by atoms with van der Waals surface area (Å²) in [5.41, 5.74) is 0. The van der Waals surface area contributed by atoms with Gasteiger partial charge in [0.2, 0.25) is 0 Å². The van der Waals surface area contributed by atoms with E-state index in [0.717, 1.165) is 37.0 Å². The number of guanidine groups is 1. The highest BCUT2D eigenvalue weighted by Crippen LogP contribution is 2.26. The zero-order chi connectivity index (χ0) is 13.5. The molecule has 0 fully saturated rings. The number of nitrogens with zero attached hydrogens (tertiary/aromatic N) is 1. The van der Waals surface area contributed by atoms with E-state index in [1.165, 1.54) is 0 Å². The number of para-hydroxylation sites is 2. The van der Waals surface area contributed by atoms with Crippen LogP contribution in [0.3, 0.4) is 0 Å². The Morgan fingerprint density at radius 1 is 1.37 bits per heavy atom. The van der Waals surface area contributed by atoms with Crippen molar-refractivity contribution in [2.24, 2.45) is 4.99 Å². The Hall–Kier alpha value is -1.91. The van der Waals surface area contributed by atoms with Crippen molar-refractivity contribution in [3.63, 3.8) is 0 Å². The second-order valence-corrected chi connectivity index (χ2v) is 4.47. The predicted molar refractivity (Wildman–Crippen MR) is 76.0 cm³/mol. The second-order valence-electron chi connectivity index (χ2n) is 4.47. The van der Waals surface area contributed by atoms with E-state index in [0.29, 0.717) is 6.54 Å². The van der Waals surface area contributed by atoms with E-state index in [4.69, 9.17) is 9.47 Å². The van der Waals surface area contributed by atoms with Gasteiger partial charge in [0.05, 0.1) is 13.7 Å². The van der Waals surface area contributed by atoms with Crippen LogP contribution in [-0.4, -0.2) is 38.8 Å². The van der Waals surface area contributed by atoms with Crippen LogP contribution in [0.2, 0.25) is 0 Å². The summed E-state index contributed by atoms with van der Waals surface area (Å²) in [6, 6.07) is 7.66. The normalized spacial score (nSPS) is 16.0. The molecule has 0 amide bonds. The van der Waals surface area contributed by atoms with E-state index in [1.54, 1.807) is 7.11 Å². The van der Waals surface area contributed by atoms with Crippen molar-refractivity contribution < 1.29 is 9.47 Å². The number of benzene rings is 1. The van der Waals surface area contributed by atoms with Crippen molar-refractivity contribution in [3.8, 4) is 11.5 Å². The van der Waals surface area contributed by atoms with E-state index >= 15 is 0 Å². The summed E-state index contributed by atoms with van der Waals surface area (Å²) in [7, 11) is 1.64. The highest BCUT2D eigenvalue weighted by Gasteiger charge is 2.10. The van der Waals surface area contributed by atoms with Crippen LogP contribution in [0.5, 0.6) is 11.5 Å². The van der Waals surface area contributed by atoms with Crippen molar-refractivity contribution in [1.29, 1.82) is 0 Å². The standard InChI is InChI=1S/C14H21N3O2/c1-11(10-17-14-15-8-5-9-16-14)19-13-7-4-3-6-12(13)18-2/h3-4,6-7,11H,5,8-10H2,1-2H3,(H2,15,16,17). The molecule has 5 nitrogen and oxygen atoms in total. The highest BCUT2D eigenvalue weighted by molar-refractivity contribution is 5.80. The number of ether oxygens (including phenoxy) is 2. The smallest absolute Gasteiger partial charge is 0.191 e. The molecule has 104 valence electrons. The molecule has 1 aromatic rings. The van der Waals surface area contributed by atoms with E-state index < -0.39 is 0 Å². The maximum Gasteiger partial charge on any atom is 0.191 e. The highest BCUT2D eigenvalue weighted by atomic mass is 16.5. The van der Waals surface area contributed by atoms with Crippen LogP contribution in [0, 0.1) is 0 Å². The molecule has 2 N–H and O–H groups in total. The van der Waals surface area contributed by atoms with E-state index in [-0.39, 0.29) is 6.10 Å². The first kappa shape index (κ1) is 13.5. The summed E-state index contributed by atoms with van der Waals surface area (Å²) < 4.78 is 11.1. The predicted octanol–water partition coefficient (Wildman–Crippen LogP) is 1.40. The molecule has 1 unspecified atom stereocenters. The van der Waals surface area contributed by atoms with Gasteiger partial charge >= 0.3 is 0 Å². The average molecular weight is 263 g/mol. The fourth-order valence-electron chi connectivity index (χ4n) is 1.87. The first-order valence-corrected chi connectivity index (χ1v) is 6.61. The monoisotopic (exact) mass is 263 g/mol. The van der Waals surface area contributed by atoms with Crippen molar-refractivity contribution in [2.75, 3.05) is 26.7 Å². The number of hydrogen-bond acceptors (Lipinski definition) is 5. The Labute approximate surface area is 114 Å². The first-order chi connectivity index (χ1) is 9.29. The van der Waals surface area contributed by atoms with Crippen LogP contribution in [0.25, 0.3) is 0 Å². The van der Waals surface area contributed by atoms with Crippen LogP contribution < -0.4 is 20.1 Å². The molecule has 1 aliphatic heterocycles. The van der Waals surface area contributed by atoms with Crippen LogP contribution in [0.4, 0.5) is 0 Å². The molecule has 0 saturated carbocycles. The van der Waals surface area contributed by atoms with Gasteiger partial charge in [-0.1, -0.05) is 12.1 Å². The first-order valence-electron chi connectivity index (χ1n) is 6.61. The minimum Gasteiger partial charge on any atom is -0.493 e. The lowest BCUT2D eigenvalue weighted by Gasteiger charge is -2.20. The number of aliphatic imine (C=N–C) groups is 1. The van der Waals surface area contributed by atoms with Gasteiger partial charge in [0.15, 0.2) is 17.5 Å². The van der Waals surface area contributed by atoms with E-state index in [1.807, 2.05) is 31.2 Å². The van der Waals surface area contributed by atoms with Crippen molar-refractivity contribution in [1.82, 2.24) is 10.6 Å². The van der Waals surface area contributed by atoms with Gasteiger partial charge in [0, 0.05) is 13.1 Å². The number of methoxy groups -OCH3 is 1. The lowest BCUT2D eigenvalue weighted by atomic mass is 10.3. The second kappa shape index (κ2) is 6.87. The van der Waals surface area contributed by atoms with E-state index in [9.17, 15) is 0 Å². The Kier molecular flexibility index (Phi) is 4.89. The quantitative estimate of drug-likeness (QED) is 0.843. The molecule has 1 heterocycles. The average Bonchev–Trinajstić information content (AvgIpc) is 2.47. The molecule has 1 aliphatic rings. The number of rotatable bonds is 5. The molecule has 1 atom stereocenters. The molecule has 2 rings (SSSR count). The van der Waals surface area contributed by atoms with Crippen LogP contribution >= 0.6 is 0 Å². The Morgan fingerprint density at radius 3 is 2.84 bits per heavy atom. The van der Waals surface area contributed by atoms with Gasteiger partial charge in [-0.25, -0.2) is 0 Å². The van der Waals surface area contributed by atoms with Crippen LogP contribution in [0.1, 0.15) is 13.3 Å². The van der Waals surface area contributed by atoms with Crippen LogP contribution in [0.15, 0.2) is 29.3 Å². The van der Waals surface area contributed by atoms with Gasteiger partial charge < -0.3 is 20.1 Å². The number of hydrogen-bond donors (Lipinski definition) is 2. The third-order valence-electron chi connectivity index (χ3n) is 2.85. The summed E-state index contributed by atoms with van der Waals surface area (Å²) >= 11 is 0. The summed E-state index contributed by atoms with van der Waals surface area (Å²) in [6.45, 7) is 4.58. The van der Waals surface area contributed by atoms with Crippen molar-refractivity contribution >= 4 is 5.96 Å². The van der Waals surface area contributed by atoms with Gasteiger partial charge in [-0.2, -0.15) is 0 Å². The van der Waals surface area contributed by atoms with Gasteiger partial charge in [-0.3, -0.25) is 4.99 Å². The minimum absolute atomic E-state index is 0.0303. The van der Waals surface area contributed by atoms with Crippen molar-refractivity contribution in [3.05, 3.63) is 24.3 Å². The van der Waals surface area contributed by atoms with E-state index in [2.05, 4.69) is 15.6 Å². The zero-order valence-corrected chi connectivity index (χ0v) is 11.5. The van der Waals surface area contributed by atoms with Crippen molar-refractivity contribution in [2.45, 2.75) is 19.4 Å². The Morgan fingerprint density at radius 2 is 2.16 bits per heavy atom. The zero-order valence-electron chi connectivity index (χ0n) is 11.5. The van der Waals surface area contributed by atoms with Crippen LogP contribution in [-0.2, 0) is 0 Å². The molecule has 0 radical (unpaired) electrons. The molecular formula is C14H21N3O2. The molecule has 0 aromatic heterocycles. The third kappa shape index (κ3) is 4.05. The van der Waals surface area contributed by atoms with Gasteiger partial charge in [-0.15, -0.1) is 0 Å². The lowest BCUT2D eigenvalue weighted by Crippen LogP contribution is -2.44. The fourth-order valence-corrected chi connectivity index (χ4v) is 1.87.